The monoisotopic (exact) mass is 462 g/mol. The third-order valence-corrected chi connectivity index (χ3v) is 9.00. The van der Waals surface area contributed by atoms with E-state index < -0.39 is 6.09 Å². The van der Waals surface area contributed by atoms with E-state index in [-0.39, 0.29) is 17.5 Å². The van der Waals surface area contributed by atoms with E-state index in [4.69, 9.17) is 9.47 Å². The standard InChI is InChI=1S/C28H34N2O4/c1-33-21-4-6-25(34-2)23(16-21)19-3-5-22-20(15-19)7-10-28(11-12-28)26(22)30(27(31)32)24-17-29-13-8-18(24)9-14-29/h3-6,15-16,18,24,26H,7-14,17H2,1-2H3,(H,31,32)/t24?,26-/m1/s1. The molecule has 0 radical (unpaired) electrons. The van der Waals surface area contributed by atoms with Crippen LogP contribution in [-0.4, -0.2) is 60.9 Å². The molecule has 3 aliphatic heterocycles. The summed E-state index contributed by atoms with van der Waals surface area (Å²) in [4.78, 5) is 17.2. The number of methoxy groups -OCH3 is 2. The highest BCUT2D eigenvalue weighted by Crippen LogP contribution is 2.64. The van der Waals surface area contributed by atoms with Gasteiger partial charge in [0.1, 0.15) is 11.5 Å². The van der Waals surface area contributed by atoms with Gasteiger partial charge in [-0.3, -0.25) is 4.90 Å². The summed E-state index contributed by atoms with van der Waals surface area (Å²) in [6, 6.07) is 12.5. The number of carboxylic acid groups (broad SMARTS) is 1. The second-order valence-electron chi connectivity index (χ2n) is 10.6. The summed E-state index contributed by atoms with van der Waals surface area (Å²) < 4.78 is 11.1. The Morgan fingerprint density at radius 1 is 1.06 bits per heavy atom. The summed E-state index contributed by atoms with van der Waals surface area (Å²) in [6.07, 6.45) is 5.82. The zero-order valence-corrected chi connectivity index (χ0v) is 20.1. The van der Waals surface area contributed by atoms with Crippen LogP contribution in [-0.2, 0) is 6.42 Å². The highest BCUT2D eigenvalue weighted by Gasteiger charge is 2.57. The maximum atomic E-state index is 12.8. The molecule has 3 heterocycles. The van der Waals surface area contributed by atoms with Gasteiger partial charge in [0.25, 0.3) is 0 Å². The summed E-state index contributed by atoms with van der Waals surface area (Å²) in [7, 11) is 3.36. The molecule has 3 saturated heterocycles. The Morgan fingerprint density at radius 2 is 1.85 bits per heavy atom. The molecule has 2 aromatic carbocycles. The van der Waals surface area contributed by atoms with Crippen molar-refractivity contribution in [3.05, 3.63) is 47.5 Å². The minimum atomic E-state index is -0.749. The number of piperidine rings is 3. The maximum absolute atomic E-state index is 12.8. The van der Waals surface area contributed by atoms with Gasteiger partial charge in [-0.05, 0) is 97.8 Å². The molecule has 2 bridgehead atoms. The lowest BCUT2D eigenvalue weighted by atomic mass is 9.73. The first-order valence-electron chi connectivity index (χ1n) is 12.6. The lowest BCUT2D eigenvalue weighted by molar-refractivity contribution is -0.0243. The molecular formula is C28H34N2O4. The fourth-order valence-electron chi connectivity index (χ4n) is 6.97. The van der Waals surface area contributed by atoms with E-state index >= 15 is 0 Å². The van der Waals surface area contributed by atoms with Gasteiger partial charge >= 0.3 is 6.09 Å². The zero-order valence-electron chi connectivity index (χ0n) is 20.1. The van der Waals surface area contributed by atoms with Crippen molar-refractivity contribution in [2.24, 2.45) is 11.3 Å². The average Bonchev–Trinajstić information content (AvgIpc) is 3.65. The van der Waals surface area contributed by atoms with E-state index in [0.717, 1.165) is 80.8 Å². The zero-order chi connectivity index (χ0) is 23.4. The predicted molar refractivity (Wildman–Crippen MR) is 131 cm³/mol. The van der Waals surface area contributed by atoms with Gasteiger partial charge in [-0.25, -0.2) is 4.79 Å². The van der Waals surface area contributed by atoms with Gasteiger partial charge in [0, 0.05) is 12.1 Å². The number of benzene rings is 2. The van der Waals surface area contributed by atoms with Gasteiger partial charge in [0.15, 0.2) is 0 Å². The van der Waals surface area contributed by atoms with Gasteiger partial charge in [0.2, 0.25) is 0 Å². The Morgan fingerprint density at radius 3 is 2.47 bits per heavy atom. The number of carbonyl (C=O) groups is 1. The Hall–Kier alpha value is -2.73. The van der Waals surface area contributed by atoms with E-state index in [1.54, 1.807) is 14.2 Å². The molecule has 1 unspecified atom stereocenters. The third kappa shape index (κ3) is 3.46. The first-order chi connectivity index (χ1) is 16.5. The van der Waals surface area contributed by atoms with Gasteiger partial charge in [-0.2, -0.15) is 0 Å². The number of hydrogen-bond acceptors (Lipinski definition) is 4. The minimum absolute atomic E-state index is 0.0412. The van der Waals surface area contributed by atoms with Crippen LogP contribution >= 0.6 is 0 Å². The summed E-state index contributed by atoms with van der Waals surface area (Å²) >= 11 is 0. The lowest BCUT2D eigenvalue weighted by Crippen LogP contribution is -2.60. The molecular weight excluding hydrogens is 428 g/mol. The Labute approximate surface area is 201 Å². The van der Waals surface area contributed by atoms with Crippen molar-refractivity contribution >= 4 is 6.09 Å². The second kappa shape index (κ2) is 8.19. The molecule has 1 spiro atoms. The molecule has 4 fully saturated rings. The minimum Gasteiger partial charge on any atom is -0.497 e. The van der Waals surface area contributed by atoms with Crippen molar-refractivity contribution in [1.82, 2.24) is 9.80 Å². The normalized spacial score (nSPS) is 28.3. The molecule has 6 nitrogen and oxygen atoms in total. The molecule has 2 aliphatic carbocycles. The van der Waals surface area contributed by atoms with Crippen LogP contribution in [0.5, 0.6) is 11.5 Å². The first kappa shape index (κ1) is 21.8. The quantitative estimate of drug-likeness (QED) is 0.661. The highest BCUT2D eigenvalue weighted by atomic mass is 16.5. The summed E-state index contributed by atoms with van der Waals surface area (Å²) in [5.74, 6) is 2.09. The molecule has 34 heavy (non-hydrogen) atoms. The van der Waals surface area contributed by atoms with Gasteiger partial charge < -0.3 is 19.5 Å². The van der Waals surface area contributed by atoms with Crippen molar-refractivity contribution in [2.45, 2.75) is 50.6 Å². The van der Waals surface area contributed by atoms with Crippen LogP contribution in [0.1, 0.15) is 49.3 Å². The lowest BCUT2D eigenvalue weighted by Gasteiger charge is -2.52. The SMILES string of the molecule is COc1ccc(OC)c(-c2ccc3c(c2)CCC2(CC2)[C@@H]3N(C(=O)O)C2CN3CCC2CC3)c1. The molecule has 6 heteroatoms. The fourth-order valence-corrected chi connectivity index (χ4v) is 6.97. The van der Waals surface area contributed by atoms with Crippen LogP contribution < -0.4 is 9.47 Å². The van der Waals surface area contributed by atoms with E-state index in [1.807, 2.05) is 23.1 Å². The number of ether oxygens (including phenoxy) is 2. The molecule has 0 aromatic heterocycles. The van der Waals surface area contributed by atoms with E-state index in [9.17, 15) is 9.90 Å². The maximum Gasteiger partial charge on any atom is 0.408 e. The van der Waals surface area contributed by atoms with Gasteiger partial charge in [0.05, 0.1) is 26.3 Å². The molecule has 2 atom stereocenters. The van der Waals surface area contributed by atoms with E-state index in [0.29, 0.717) is 5.92 Å². The van der Waals surface area contributed by atoms with Crippen LogP contribution in [0.25, 0.3) is 11.1 Å². The van der Waals surface area contributed by atoms with E-state index in [1.165, 1.54) is 11.1 Å². The molecule has 5 aliphatic rings. The van der Waals surface area contributed by atoms with Crippen molar-refractivity contribution < 1.29 is 19.4 Å². The van der Waals surface area contributed by atoms with Gasteiger partial charge in [-0.1, -0.05) is 18.2 Å². The molecule has 7 rings (SSSR count). The average molecular weight is 463 g/mol. The number of hydrogen-bond donors (Lipinski definition) is 1. The molecule has 180 valence electrons. The molecule has 1 N–H and O–H groups in total. The number of nitrogens with zero attached hydrogens (tertiary/aromatic N) is 2. The number of amides is 1. The smallest absolute Gasteiger partial charge is 0.408 e. The predicted octanol–water partition coefficient (Wildman–Crippen LogP) is 5.21. The molecule has 2 aromatic rings. The van der Waals surface area contributed by atoms with Crippen LogP contribution in [0.2, 0.25) is 0 Å². The van der Waals surface area contributed by atoms with Crippen LogP contribution in [0.4, 0.5) is 4.79 Å². The van der Waals surface area contributed by atoms with Gasteiger partial charge in [-0.15, -0.1) is 0 Å². The Kier molecular flexibility index (Phi) is 5.25. The highest BCUT2D eigenvalue weighted by molar-refractivity contribution is 5.74. The number of fused-ring (bicyclic) bond motifs is 4. The van der Waals surface area contributed by atoms with Crippen molar-refractivity contribution in [2.75, 3.05) is 33.9 Å². The van der Waals surface area contributed by atoms with Crippen LogP contribution in [0, 0.1) is 11.3 Å². The molecule has 1 amide bonds. The molecule has 1 saturated carbocycles. The van der Waals surface area contributed by atoms with Crippen molar-refractivity contribution in [1.29, 1.82) is 0 Å². The van der Waals surface area contributed by atoms with Crippen LogP contribution in [0.3, 0.4) is 0 Å². The van der Waals surface area contributed by atoms with E-state index in [2.05, 4.69) is 23.1 Å². The summed E-state index contributed by atoms with van der Waals surface area (Å²) in [5, 5.41) is 10.5. The first-order valence-corrected chi connectivity index (χ1v) is 12.6. The topological polar surface area (TPSA) is 62.2 Å². The fraction of sp³-hybridized carbons (Fsp3) is 0.536. The summed E-state index contributed by atoms with van der Waals surface area (Å²) in [6.45, 7) is 3.12. The third-order valence-electron chi connectivity index (χ3n) is 9.00. The Balaban J connectivity index is 1.41. The van der Waals surface area contributed by atoms with Crippen molar-refractivity contribution in [3.8, 4) is 22.6 Å². The Bertz CT molecular complexity index is 1100. The second-order valence-corrected chi connectivity index (χ2v) is 10.6. The van der Waals surface area contributed by atoms with Crippen LogP contribution in [0.15, 0.2) is 36.4 Å². The largest absolute Gasteiger partial charge is 0.497 e. The van der Waals surface area contributed by atoms with Crippen molar-refractivity contribution in [3.63, 3.8) is 0 Å². The number of rotatable bonds is 5. The number of aryl methyl sites for hydroxylation is 1. The summed E-state index contributed by atoms with van der Waals surface area (Å²) in [5.41, 5.74) is 4.70.